The van der Waals surface area contributed by atoms with Gasteiger partial charge >= 0.3 is 0 Å². The molecule has 0 aliphatic heterocycles. The molecule has 7 heteroatoms. The smallest absolute Gasteiger partial charge is 0.140 e. The van der Waals surface area contributed by atoms with Crippen LogP contribution in [0.5, 0.6) is 0 Å². The second-order valence-electron chi connectivity index (χ2n) is 3.58. The highest BCUT2D eigenvalue weighted by atomic mass is 127. The molecule has 0 saturated heterocycles. The van der Waals surface area contributed by atoms with E-state index >= 15 is 0 Å². The Kier molecular flexibility index (Phi) is 3.13. The van der Waals surface area contributed by atoms with E-state index in [0.717, 1.165) is 20.2 Å². The van der Waals surface area contributed by atoms with Crippen molar-refractivity contribution in [2.45, 2.75) is 0 Å². The van der Waals surface area contributed by atoms with Gasteiger partial charge in [0.15, 0.2) is 0 Å². The van der Waals surface area contributed by atoms with Crippen LogP contribution in [0, 0.1) is 3.70 Å². The van der Waals surface area contributed by atoms with E-state index < -0.39 is 0 Å². The molecular weight excluding hydrogens is 386 g/mol. The number of aromatic amines is 1. The first kappa shape index (κ1) is 12.1. The number of hydrogen-bond acceptors (Lipinski definition) is 3. The van der Waals surface area contributed by atoms with Crippen LogP contribution < -0.4 is 0 Å². The number of nitrogens with one attached hydrogen (secondary N) is 1. The third-order valence-corrected chi connectivity index (χ3v) is 4.10. The molecule has 0 aliphatic rings. The Morgan fingerprint density at radius 1 is 1.11 bits per heavy atom. The summed E-state index contributed by atoms with van der Waals surface area (Å²) in [4.78, 5) is 15.4. The molecule has 0 unspecified atom stereocenters. The maximum absolute atomic E-state index is 6.26. The van der Waals surface area contributed by atoms with Crippen molar-refractivity contribution >= 4 is 56.8 Å². The Hall–Kier alpha value is -0.920. The van der Waals surface area contributed by atoms with Crippen LogP contribution in [0.4, 0.5) is 0 Å². The monoisotopic (exact) mass is 390 g/mol. The van der Waals surface area contributed by atoms with Crippen LogP contribution in [-0.2, 0) is 0 Å². The quantitative estimate of drug-likeness (QED) is 0.640. The van der Waals surface area contributed by atoms with Crippen LogP contribution in [0.2, 0.25) is 10.0 Å². The minimum absolute atomic E-state index is 0.428. The standard InChI is InChI=1S/C11H5Cl2IN4/c12-6-3-17-11-8(9(6)13)7(10(14)18-11)5-1-15-4-16-2-5/h1-4H,(H,17,18). The first-order valence-electron chi connectivity index (χ1n) is 4.95. The average Bonchev–Trinajstić information content (AvgIpc) is 2.72. The molecule has 3 aromatic heterocycles. The van der Waals surface area contributed by atoms with E-state index in [0.29, 0.717) is 15.7 Å². The van der Waals surface area contributed by atoms with Crippen LogP contribution in [0.25, 0.3) is 22.2 Å². The van der Waals surface area contributed by atoms with Gasteiger partial charge in [-0.25, -0.2) is 15.0 Å². The van der Waals surface area contributed by atoms with Crippen molar-refractivity contribution in [1.82, 2.24) is 19.9 Å². The molecule has 0 radical (unpaired) electrons. The second kappa shape index (κ2) is 4.64. The van der Waals surface area contributed by atoms with Crippen LogP contribution in [0.15, 0.2) is 24.9 Å². The number of rotatable bonds is 1. The molecule has 3 rings (SSSR count). The Morgan fingerprint density at radius 3 is 2.56 bits per heavy atom. The topological polar surface area (TPSA) is 54.5 Å². The number of fused-ring (bicyclic) bond motifs is 1. The minimum Gasteiger partial charge on any atom is -0.334 e. The highest BCUT2D eigenvalue weighted by Gasteiger charge is 2.17. The second-order valence-corrected chi connectivity index (χ2v) is 5.45. The molecule has 0 fully saturated rings. The average molecular weight is 391 g/mol. The summed E-state index contributed by atoms with van der Waals surface area (Å²) in [5, 5.41) is 1.71. The van der Waals surface area contributed by atoms with Gasteiger partial charge in [-0.15, -0.1) is 0 Å². The third-order valence-electron chi connectivity index (χ3n) is 2.52. The normalized spacial score (nSPS) is 11.1. The highest BCUT2D eigenvalue weighted by molar-refractivity contribution is 14.1. The molecule has 0 amide bonds. The van der Waals surface area contributed by atoms with Crippen molar-refractivity contribution in [2.75, 3.05) is 0 Å². The van der Waals surface area contributed by atoms with Gasteiger partial charge in [0, 0.05) is 35.1 Å². The summed E-state index contributed by atoms with van der Waals surface area (Å²) >= 11 is 14.5. The Bertz CT molecular complexity index is 727. The molecule has 0 atom stereocenters. The van der Waals surface area contributed by atoms with Gasteiger partial charge in [-0.2, -0.15) is 0 Å². The zero-order valence-electron chi connectivity index (χ0n) is 8.78. The molecule has 0 aliphatic carbocycles. The number of H-pyrrole nitrogens is 1. The lowest BCUT2D eigenvalue weighted by molar-refractivity contribution is 1.17. The summed E-state index contributed by atoms with van der Waals surface area (Å²) in [6.45, 7) is 0. The molecule has 0 spiro atoms. The number of halogens is 3. The van der Waals surface area contributed by atoms with E-state index in [1.54, 1.807) is 12.4 Å². The van der Waals surface area contributed by atoms with Crippen LogP contribution in [0.3, 0.4) is 0 Å². The molecule has 1 N–H and O–H groups in total. The van der Waals surface area contributed by atoms with Crippen LogP contribution in [0.1, 0.15) is 0 Å². The lowest BCUT2D eigenvalue weighted by atomic mass is 10.1. The van der Waals surface area contributed by atoms with E-state index in [1.807, 2.05) is 0 Å². The van der Waals surface area contributed by atoms with E-state index in [-0.39, 0.29) is 0 Å². The largest absolute Gasteiger partial charge is 0.334 e. The number of nitrogens with zero attached hydrogens (tertiary/aromatic N) is 3. The van der Waals surface area contributed by atoms with Crippen molar-refractivity contribution in [1.29, 1.82) is 0 Å². The van der Waals surface area contributed by atoms with E-state index in [2.05, 4.69) is 42.5 Å². The molecular formula is C11H5Cl2IN4. The molecule has 90 valence electrons. The fraction of sp³-hybridized carbons (Fsp3) is 0. The molecule has 4 nitrogen and oxygen atoms in total. The maximum atomic E-state index is 6.26. The fourth-order valence-electron chi connectivity index (χ4n) is 1.76. The van der Waals surface area contributed by atoms with Gasteiger partial charge in [0.1, 0.15) is 12.0 Å². The lowest BCUT2D eigenvalue weighted by Crippen LogP contribution is -1.84. The van der Waals surface area contributed by atoms with Gasteiger partial charge in [0.25, 0.3) is 0 Å². The minimum atomic E-state index is 0.428. The van der Waals surface area contributed by atoms with Gasteiger partial charge in [-0.05, 0) is 22.6 Å². The maximum Gasteiger partial charge on any atom is 0.140 e. The van der Waals surface area contributed by atoms with Crippen molar-refractivity contribution < 1.29 is 0 Å². The first-order chi connectivity index (χ1) is 8.68. The Balaban J connectivity index is 2.42. The Labute approximate surface area is 126 Å². The van der Waals surface area contributed by atoms with Gasteiger partial charge in [0.05, 0.1) is 13.7 Å². The lowest BCUT2D eigenvalue weighted by Gasteiger charge is -2.02. The summed E-state index contributed by atoms with van der Waals surface area (Å²) in [6, 6.07) is 0. The predicted octanol–water partition coefficient (Wildman–Crippen LogP) is 3.93. The molecule has 3 heterocycles. The van der Waals surface area contributed by atoms with Crippen LogP contribution in [-0.4, -0.2) is 19.9 Å². The number of hydrogen-bond donors (Lipinski definition) is 1. The molecule has 0 saturated carbocycles. The molecule has 0 bridgehead atoms. The fourth-order valence-corrected chi connectivity index (χ4v) is 2.98. The SMILES string of the molecule is Clc1cnc2[nH]c(I)c(-c3cncnc3)c2c1Cl. The predicted molar refractivity (Wildman–Crippen MR) is 79.9 cm³/mol. The summed E-state index contributed by atoms with van der Waals surface area (Å²) < 4.78 is 0.925. The van der Waals surface area contributed by atoms with E-state index in [9.17, 15) is 0 Å². The first-order valence-corrected chi connectivity index (χ1v) is 6.78. The summed E-state index contributed by atoms with van der Waals surface area (Å²) in [7, 11) is 0. The third kappa shape index (κ3) is 1.86. The summed E-state index contributed by atoms with van der Waals surface area (Å²) in [6.07, 6.45) is 6.48. The van der Waals surface area contributed by atoms with Crippen molar-refractivity contribution in [3.05, 3.63) is 38.7 Å². The van der Waals surface area contributed by atoms with Crippen molar-refractivity contribution in [3.8, 4) is 11.1 Å². The molecule has 0 aromatic carbocycles. The van der Waals surface area contributed by atoms with Gasteiger partial charge in [-0.1, -0.05) is 23.2 Å². The summed E-state index contributed by atoms with van der Waals surface area (Å²) in [5.74, 6) is 0. The molecule has 18 heavy (non-hydrogen) atoms. The zero-order chi connectivity index (χ0) is 12.7. The van der Waals surface area contributed by atoms with Gasteiger partial charge in [-0.3, -0.25) is 0 Å². The van der Waals surface area contributed by atoms with Crippen LogP contribution >= 0.6 is 45.8 Å². The van der Waals surface area contributed by atoms with Gasteiger partial charge in [0.2, 0.25) is 0 Å². The van der Waals surface area contributed by atoms with Crippen molar-refractivity contribution in [3.63, 3.8) is 0 Å². The number of aromatic nitrogens is 4. The van der Waals surface area contributed by atoms with E-state index in [1.165, 1.54) is 12.5 Å². The Morgan fingerprint density at radius 2 is 1.83 bits per heavy atom. The highest BCUT2D eigenvalue weighted by Crippen LogP contribution is 2.38. The molecule has 3 aromatic rings. The van der Waals surface area contributed by atoms with Crippen molar-refractivity contribution in [2.24, 2.45) is 0 Å². The number of pyridine rings is 1. The van der Waals surface area contributed by atoms with Gasteiger partial charge < -0.3 is 4.98 Å². The zero-order valence-corrected chi connectivity index (χ0v) is 12.5. The van der Waals surface area contributed by atoms with E-state index in [4.69, 9.17) is 23.2 Å². The summed E-state index contributed by atoms with van der Waals surface area (Å²) in [5.41, 5.74) is 2.50.